The molecule has 0 aliphatic heterocycles. The molecule has 0 saturated carbocycles. The SMILES string of the molecule is Nc1ccc(-c2ccc3c(c2)CCCC3)nn1. The van der Waals surface area contributed by atoms with Crippen LogP contribution in [0.3, 0.4) is 0 Å². The molecule has 86 valence electrons. The fourth-order valence-corrected chi connectivity index (χ4v) is 2.39. The van der Waals surface area contributed by atoms with Gasteiger partial charge in [0.25, 0.3) is 0 Å². The summed E-state index contributed by atoms with van der Waals surface area (Å²) in [6.07, 6.45) is 5.01. The number of aromatic nitrogens is 2. The number of hydrogen-bond donors (Lipinski definition) is 1. The van der Waals surface area contributed by atoms with Crippen molar-refractivity contribution in [1.82, 2.24) is 10.2 Å². The minimum atomic E-state index is 0.465. The minimum Gasteiger partial charge on any atom is -0.382 e. The molecule has 3 nitrogen and oxygen atoms in total. The van der Waals surface area contributed by atoms with Crippen LogP contribution >= 0.6 is 0 Å². The third-order valence-electron chi connectivity index (χ3n) is 3.33. The van der Waals surface area contributed by atoms with Gasteiger partial charge >= 0.3 is 0 Å². The van der Waals surface area contributed by atoms with Crippen LogP contribution in [0, 0.1) is 0 Å². The number of nitrogen functional groups attached to an aromatic ring is 1. The largest absolute Gasteiger partial charge is 0.382 e. The van der Waals surface area contributed by atoms with Crippen molar-refractivity contribution in [1.29, 1.82) is 0 Å². The van der Waals surface area contributed by atoms with E-state index in [-0.39, 0.29) is 0 Å². The zero-order valence-corrected chi connectivity index (χ0v) is 9.69. The van der Waals surface area contributed by atoms with Crippen LogP contribution in [0.5, 0.6) is 0 Å². The zero-order valence-electron chi connectivity index (χ0n) is 9.69. The van der Waals surface area contributed by atoms with Gasteiger partial charge in [-0.05, 0) is 55.0 Å². The summed E-state index contributed by atoms with van der Waals surface area (Å²) >= 11 is 0. The first kappa shape index (κ1) is 10.3. The number of fused-ring (bicyclic) bond motifs is 1. The maximum atomic E-state index is 5.54. The number of nitrogens with zero attached hydrogens (tertiary/aromatic N) is 2. The van der Waals surface area contributed by atoms with Gasteiger partial charge in [0, 0.05) is 5.56 Å². The molecule has 0 unspecified atom stereocenters. The van der Waals surface area contributed by atoms with E-state index in [0.29, 0.717) is 5.82 Å². The van der Waals surface area contributed by atoms with Crippen LogP contribution in [0.15, 0.2) is 30.3 Å². The van der Waals surface area contributed by atoms with Crippen LogP contribution in [0.1, 0.15) is 24.0 Å². The molecule has 0 atom stereocenters. The smallest absolute Gasteiger partial charge is 0.146 e. The summed E-state index contributed by atoms with van der Waals surface area (Å²) in [7, 11) is 0. The highest BCUT2D eigenvalue weighted by Crippen LogP contribution is 2.26. The molecule has 0 saturated heterocycles. The molecule has 3 heteroatoms. The molecule has 2 N–H and O–H groups in total. The van der Waals surface area contributed by atoms with E-state index in [2.05, 4.69) is 28.4 Å². The Morgan fingerprint density at radius 1 is 0.882 bits per heavy atom. The van der Waals surface area contributed by atoms with Gasteiger partial charge < -0.3 is 5.73 Å². The molecule has 0 fully saturated rings. The summed E-state index contributed by atoms with van der Waals surface area (Å²) < 4.78 is 0. The van der Waals surface area contributed by atoms with Crippen molar-refractivity contribution in [3.63, 3.8) is 0 Å². The van der Waals surface area contributed by atoms with Crippen LogP contribution in [0.4, 0.5) is 5.82 Å². The molecular weight excluding hydrogens is 210 g/mol. The molecule has 1 aliphatic carbocycles. The molecule has 2 aromatic rings. The van der Waals surface area contributed by atoms with Crippen LogP contribution in [0.2, 0.25) is 0 Å². The van der Waals surface area contributed by atoms with Gasteiger partial charge in [-0.15, -0.1) is 10.2 Å². The van der Waals surface area contributed by atoms with Crippen LogP contribution < -0.4 is 5.73 Å². The summed E-state index contributed by atoms with van der Waals surface area (Å²) in [6.45, 7) is 0. The fourth-order valence-electron chi connectivity index (χ4n) is 2.39. The Kier molecular flexibility index (Phi) is 2.52. The quantitative estimate of drug-likeness (QED) is 0.811. The lowest BCUT2D eigenvalue weighted by atomic mass is 9.90. The number of rotatable bonds is 1. The predicted octanol–water partition coefficient (Wildman–Crippen LogP) is 2.60. The van der Waals surface area contributed by atoms with Crippen molar-refractivity contribution < 1.29 is 0 Å². The van der Waals surface area contributed by atoms with Crippen molar-refractivity contribution in [3.8, 4) is 11.3 Å². The molecular formula is C14H15N3. The molecule has 0 spiro atoms. The highest BCUT2D eigenvalue weighted by molar-refractivity contribution is 5.61. The van der Waals surface area contributed by atoms with Gasteiger partial charge in [0.2, 0.25) is 0 Å². The average Bonchev–Trinajstić information content (AvgIpc) is 2.39. The predicted molar refractivity (Wildman–Crippen MR) is 68.5 cm³/mol. The normalized spacial score (nSPS) is 14.4. The van der Waals surface area contributed by atoms with Crippen LogP contribution in [0.25, 0.3) is 11.3 Å². The first-order valence-electron chi connectivity index (χ1n) is 6.04. The summed E-state index contributed by atoms with van der Waals surface area (Å²) in [5, 5.41) is 8.02. The van der Waals surface area contributed by atoms with Crippen LogP contribution in [-0.4, -0.2) is 10.2 Å². The maximum Gasteiger partial charge on any atom is 0.146 e. The highest BCUT2D eigenvalue weighted by atomic mass is 15.1. The fraction of sp³-hybridized carbons (Fsp3) is 0.286. The van der Waals surface area contributed by atoms with E-state index in [9.17, 15) is 0 Å². The van der Waals surface area contributed by atoms with E-state index >= 15 is 0 Å². The van der Waals surface area contributed by atoms with Crippen molar-refractivity contribution in [3.05, 3.63) is 41.5 Å². The highest BCUT2D eigenvalue weighted by Gasteiger charge is 2.10. The third kappa shape index (κ3) is 2.00. The van der Waals surface area contributed by atoms with E-state index in [4.69, 9.17) is 5.73 Å². The molecule has 1 aromatic carbocycles. The van der Waals surface area contributed by atoms with Gasteiger partial charge in [0.05, 0.1) is 5.69 Å². The molecule has 1 aliphatic rings. The van der Waals surface area contributed by atoms with E-state index in [1.165, 1.54) is 36.8 Å². The second-order valence-electron chi connectivity index (χ2n) is 4.53. The number of anilines is 1. The molecule has 1 aromatic heterocycles. The van der Waals surface area contributed by atoms with E-state index in [1.807, 2.05) is 6.07 Å². The molecule has 0 radical (unpaired) electrons. The first-order chi connectivity index (χ1) is 8.33. The monoisotopic (exact) mass is 225 g/mol. The van der Waals surface area contributed by atoms with E-state index in [1.54, 1.807) is 6.07 Å². The van der Waals surface area contributed by atoms with Crippen LogP contribution in [-0.2, 0) is 12.8 Å². The van der Waals surface area contributed by atoms with Gasteiger partial charge in [-0.2, -0.15) is 0 Å². The summed E-state index contributed by atoms with van der Waals surface area (Å²) in [5.41, 5.74) is 10.5. The molecule has 1 heterocycles. The van der Waals surface area contributed by atoms with Crippen molar-refractivity contribution >= 4 is 5.82 Å². The standard InChI is InChI=1S/C14H15N3/c15-14-8-7-13(16-17-14)12-6-5-10-3-1-2-4-11(10)9-12/h5-9H,1-4H2,(H2,15,17). The Balaban J connectivity index is 2.01. The van der Waals surface area contributed by atoms with Gasteiger partial charge in [-0.3, -0.25) is 0 Å². The maximum absolute atomic E-state index is 5.54. The van der Waals surface area contributed by atoms with Crippen molar-refractivity contribution in [2.45, 2.75) is 25.7 Å². The third-order valence-corrected chi connectivity index (χ3v) is 3.33. The summed E-state index contributed by atoms with van der Waals surface area (Å²) in [6, 6.07) is 10.3. The number of aryl methyl sites for hydroxylation is 2. The van der Waals surface area contributed by atoms with Gasteiger partial charge in [-0.1, -0.05) is 12.1 Å². The molecule has 0 bridgehead atoms. The van der Waals surface area contributed by atoms with E-state index < -0.39 is 0 Å². The Morgan fingerprint density at radius 3 is 2.47 bits per heavy atom. The number of nitrogens with two attached hydrogens (primary N) is 1. The molecule has 0 amide bonds. The summed E-state index contributed by atoms with van der Waals surface area (Å²) in [4.78, 5) is 0. The second-order valence-corrected chi connectivity index (χ2v) is 4.53. The minimum absolute atomic E-state index is 0.465. The summed E-state index contributed by atoms with van der Waals surface area (Å²) in [5.74, 6) is 0.465. The number of benzene rings is 1. The zero-order chi connectivity index (χ0) is 11.7. The van der Waals surface area contributed by atoms with Crippen molar-refractivity contribution in [2.24, 2.45) is 0 Å². The number of hydrogen-bond acceptors (Lipinski definition) is 3. The van der Waals surface area contributed by atoms with Gasteiger partial charge in [-0.25, -0.2) is 0 Å². The first-order valence-corrected chi connectivity index (χ1v) is 6.04. The molecule has 17 heavy (non-hydrogen) atoms. The topological polar surface area (TPSA) is 51.8 Å². The lowest BCUT2D eigenvalue weighted by molar-refractivity contribution is 0.686. The Labute approximate surface area is 101 Å². The average molecular weight is 225 g/mol. The lowest BCUT2D eigenvalue weighted by Crippen LogP contribution is -2.02. The Hall–Kier alpha value is -1.90. The van der Waals surface area contributed by atoms with Gasteiger partial charge in [0.15, 0.2) is 0 Å². The second kappa shape index (κ2) is 4.17. The van der Waals surface area contributed by atoms with E-state index in [0.717, 1.165) is 11.3 Å². The lowest BCUT2D eigenvalue weighted by Gasteiger charge is -2.16. The Bertz CT molecular complexity index is 532. The van der Waals surface area contributed by atoms with Gasteiger partial charge in [0.1, 0.15) is 5.82 Å². The molecule has 3 rings (SSSR count). The Morgan fingerprint density at radius 2 is 1.71 bits per heavy atom. The van der Waals surface area contributed by atoms with Crippen molar-refractivity contribution in [2.75, 3.05) is 5.73 Å².